The summed E-state index contributed by atoms with van der Waals surface area (Å²) in [4.78, 5) is 12.8. The number of amides is 1. The molecule has 0 aliphatic rings. The van der Waals surface area contributed by atoms with Gasteiger partial charge in [-0.1, -0.05) is 71.2 Å². The van der Waals surface area contributed by atoms with Crippen LogP contribution in [-0.2, 0) is 18.0 Å². The van der Waals surface area contributed by atoms with Crippen LogP contribution in [0.1, 0.15) is 16.7 Å². The Balaban J connectivity index is 1.43. The number of methoxy groups -OCH3 is 1. The molecule has 202 valence electrons. The van der Waals surface area contributed by atoms with Crippen molar-refractivity contribution < 1.29 is 19.0 Å². The van der Waals surface area contributed by atoms with Gasteiger partial charge in [0.25, 0.3) is 5.91 Å². The van der Waals surface area contributed by atoms with Crippen LogP contribution in [0.2, 0.25) is 15.1 Å². The molecule has 4 aromatic carbocycles. The van der Waals surface area contributed by atoms with Gasteiger partial charge in [-0.2, -0.15) is 5.26 Å². The van der Waals surface area contributed by atoms with Crippen molar-refractivity contribution in [1.82, 2.24) is 0 Å². The van der Waals surface area contributed by atoms with Crippen molar-refractivity contribution in [3.63, 3.8) is 0 Å². The van der Waals surface area contributed by atoms with Crippen molar-refractivity contribution in [2.45, 2.75) is 13.2 Å². The van der Waals surface area contributed by atoms with E-state index in [1.54, 1.807) is 54.6 Å². The Morgan fingerprint density at radius 1 is 0.900 bits per heavy atom. The first kappa shape index (κ1) is 28.8. The molecule has 0 aromatic heterocycles. The molecule has 0 spiro atoms. The molecule has 6 nitrogen and oxygen atoms in total. The van der Waals surface area contributed by atoms with E-state index in [1.807, 2.05) is 36.4 Å². The number of rotatable bonds is 10. The third-order valence-corrected chi connectivity index (χ3v) is 6.54. The molecule has 40 heavy (non-hydrogen) atoms. The Morgan fingerprint density at radius 2 is 1.65 bits per heavy atom. The number of ether oxygens (including phenoxy) is 3. The van der Waals surface area contributed by atoms with E-state index in [-0.39, 0.29) is 17.2 Å². The first-order valence-electron chi connectivity index (χ1n) is 12.0. The van der Waals surface area contributed by atoms with E-state index in [2.05, 4.69) is 5.32 Å². The maximum atomic E-state index is 12.8. The van der Waals surface area contributed by atoms with Gasteiger partial charge in [-0.05, 0) is 65.7 Å². The molecule has 0 radical (unpaired) electrons. The summed E-state index contributed by atoms with van der Waals surface area (Å²) in [5, 5.41) is 13.6. The van der Waals surface area contributed by atoms with Crippen LogP contribution in [-0.4, -0.2) is 13.0 Å². The molecule has 1 amide bonds. The van der Waals surface area contributed by atoms with E-state index in [4.69, 9.17) is 49.0 Å². The van der Waals surface area contributed by atoms with Crippen molar-refractivity contribution in [3.05, 3.63) is 122 Å². The second kappa shape index (κ2) is 13.8. The molecule has 0 fully saturated rings. The maximum absolute atomic E-state index is 12.8. The SMILES string of the molecule is COc1cc(/C=C(\C#N)C(=O)Nc2ccc(OCc3ccccc3)cc2)cc(Cl)c1OCc1ccc(Cl)cc1Cl. The van der Waals surface area contributed by atoms with Crippen LogP contribution in [0, 0.1) is 11.3 Å². The summed E-state index contributed by atoms with van der Waals surface area (Å²) in [6.45, 7) is 0.557. The van der Waals surface area contributed by atoms with Crippen LogP contribution < -0.4 is 19.5 Å². The lowest BCUT2D eigenvalue weighted by atomic mass is 10.1. The van der Waals surface area contributed by atoms with Gasteiger partial charge in [-0.3, -0.25) is 4.79 Å². The Hall–Kier alpha value is -4.15. The second-order valence-electron chi connectivity index (χ2n) is 8.48. The summed E-state index contributed by atoms with van der Waals surface area (Å²) >= 11 is 18.7. The minimum atomic E-state index is -0.576. The number of halogens is 3. The van der Waals surface area contributed by atoms with Gasteiger partial charge in [0.05, 0.1) is 12.1 Å². The number of nitrogens with one attached hydrogen (secondary N) is 1. The van der Waals surface area contributed by atoms with Gasteiger partial charge in [0, 0.05) is 21.3 Å². The molecule has 0 bridgehead atoms. The normalized spacial score (nSPS) is 10.9. The molecule has 0 unspecified atom stereocenters. The lowest BCUT2D eigenvalue weighted by Crippen LogP contribution is -2.13. The van der Waals surface area contributed by atoms with E-state index in [9.17, 15) is 10.1 Å². The Morgan fingerprint density at radius 3 is 2.33 bits per heavy atom. The standard InChI is InChI=1S/C31H23Cl3N2O4/c1-38-29-15-21(14-28(34)30(29)40-19-22-7-8-24(32)16-27(22)33)13-23(17-35)31(37)36-25-9-11-26(12-10-25)39-18-20-5-3-2-4-6-20/h2-16H,18-19H2,1H3,(H,36,37)/b23-13+. The number of carbonyl (C=O) groups is 1. The van der Waals surface area contributed by atoms with Gasteiger partial charge in [-0.25, -0.2) is 0 Å². The molecule has 0 heterocycles. The van der Waals surface area contributed by atoms with Crippen LogP contribution in [0.3, 0.4) is 0 Å². The Bertz CT molecular complexity index is 1570. The highest BCUT2D eigenvalue weighted by Crippen LogP contribution is 2.38. The summed E-state index contributed by atoms with van der Waals surface area (Å²) in [7, 11) is 1.46. The number of nitriles is 1. The third-order valence-electron chi connectivity index (χ3n) is 5.68. The number of hydrogen-bond acceptors (Lipinski definition) is 5. The van der Waals surface area contributed by atoms with Crippen LogP contribution in [0.5, 0.6) is 17.2 Å². The number of anilines is 1. The van der Waals surface area contributed by atoms with Gasteiger partial charge >= 0.3 is 0 Å². The fraction of sp³-hybridized carbons (Fsp3) is 0.0968. The molecule has 0 saturated heterocycles. The molecule has 0 aliphatic carbocycles. The third kappa shape index (κ3) is 7.71. The first-order chi connectivity index (χ1) is 19.4. The van der Waals surface area contributed by atoms with Crippen molar-refractivity contribution in [2.75, 3.05) is 12.4 Å². The monoisotopic (exact) mass is 592 g/mol. The molecule has 4 rings (SSSR count). The quantitative estimate of drug-likeness (QED) is 0.148. The zero-order valence-electron chi connectivity index (χ0n) is 21.3. The minimum absolute atomic E-state index is 0.121. The van der Waals surface area contributed by atoms with Gasteiger partial charge in [0.1, 0.15) is 30.6 Å². The summed E-state index contributed by atoms with van der Waals surface area (Å²) < 4.78 is 17.1. The Kier molecular flexibility index (Phi) is 9.93. The van der Waals surface area contributed by atoms with Gasteiger partial charge < -0.3 is 19.5 Å². The zero-order valence-corrected chi connectivity index (χ0v) is 23.6. The van der Waals surface area contributed by atoms with E-state index in [0.29, 0.717) is 50.7 Å². The highest BCUT2D eigenvalue weighted by Gasteiger charge is 2.15. The van der Waals surface area contributed by atoms with E-state index < -0.39 is 5.91 Å². The number of carbonyl (C=O) groups excluding carboxylic acids is 1. The average molecular weight is 594 g/mol. The van der Waals surface area contributed by atoms with Crippen molar-refractivity contribution in [1.29, 1.82) is 5.26 Å². The van der Waals surface area contributed by atoms with Crippen LogP contribution in [0.25, 0.3) is 6.08 Å². The number of nitrogens with zero attached hydrogens (tertiary/aromatic N) is 1. The summed E-state index contributed by atoms with van der Waals surface area (Å²) in [5.74, 6) is 0.700. The molecular weight excluding hydrogens is 571 g/mol. The second-order valence-corrected chi connectivity index (χ2v) is 9.73. The fourth-order valence-corrected chi connectivity index (χ4v) is 4.38. The van der Waals surface area contributed by atoms with Gasteiger partial charge in [-0.15, -0.1) is 0 Å². The molecule has 0 aliphatic heterocycles. The summed E-state index contributed by atoms with van der Waals surface area (Å²) in [6, 6.07) is 26.9. The number of benzene rings is 4. The van der Waals surface area contributed by atoms with Gasteiger partial charge in [0.15, 0.2) is 11.5 Å². The van der Waals surface area contributed by atoms with Crippen molar-refractivity contribution >= 4 is 52.5 Å². The minimum Gasteiger partial charge on any atom is -0.493 e. The smallest absolute Gasteiger partial charge is 0.266 e. The van der Waals surface area contributed by atoms with Crippen LogP contribution >= 0.6 is 34.8 Å². The largest absolute Gasteiger partial charge is 0.493 e. The molecular formula is C31H23Cl3N2O4. The van der Waals surface area contributed by atoms with E-state index in [1.165, 1.54) is 13.2 Å². The summed E-state index contributed by atoms with van der Waals surface area (Å²) in [6.07, 6.45) is 1.42. The lowest BCUT2D eigenvalue weighted by molar-refractivity contribution is -0.112. The highest BCUT2D eigenvalue weighted by atomic mass is 35.5. The zero-order chi connectivity index (χ0) is 28.5. The maximum Gasteiger partial charge on any atom is 0.266 e. The lowest BCUT2D eigenvalue weighted by Gasteiger charge is -2.14. The molecule has 0 atom stereocenters. The molecule has 4 aromatic rings. The average Bonchev–Trinajstić information content (AvgIpc) is 2.96. The first-order valence-corrected chi connectivity index (χ1v) is 13.1. The predicted octanol–water partition coefficient (Wildman–Crippen LogP) is 8.36. The fourth-order valence-electron chi connectivity index (χ4n) is 3.64. The molecule has 9 heteroatoms. The molecule has 0 saturated carbocycles. The predicted molar refractivity (Wildman–Crippen MR) is 158 cm³/mol. The van der Waals surface area contributed by atoms with E-state index in [0.717, 1.165) is 5.56 Å². The van der Waals surface area contributed by atoms with Gasteiger partial charge in [0.2, 0.25) is 0 Å². The topological polar surface area (TPSA) is 80.6 Å². The van der Waals surface area contributed by atoms with Crippen LogP contribution in [0.15, 0.2) is 90.5 Å². The highest BCUT2D eigenvalue weighted by molar-refractivity contribution is 6.35. The molecule has 1 N–H and O–H groups in total. The Labute approximate surface area is 247 Å². The van der Waals surface area contributed by atoms with Crippen molar-refractivity contribution in [2.24, 2.45) is 0 Å². The number of hydrogen-bond donors (Lipinski definition) is 1. The van der Waals surface area contributed by atoms with E-state index >= 15 is 0 Å². The van der Waals surface area contributed by atoms with Crippen LogP contribution in [0.4, 0.5) is 5.69 Å². The summed E-state index contributed by atoms with van der Waals surface area (Å²) in [5.41, 5.74) is 2.64. The van der Waals surface area contributed by atoms with Crippen molar-refractivity contribution in [3.8, 4) is 23.3 Å².